The molecule has 0 bridgehead atoms. The molecule has 0 saturated carbocycles. The second-order valence-corrected chi connectivity index (χ2v) is 3.44. The molecule has 2 N–H and O–H groups in total. The summed E-state index contributed by atoms with van der Waals surface area (Å²) in [6, 6.07) is 0. The highest BCUT2D eigenvalue weighted by molar-refractivity contribution is 7.75. The number of carbonyl (C=O) groups is 3. The molecule has 0 aromatic heterocycles. The van der Waals surface area contributed by atoms with E-state index in [1.807, 2.05) is 0 Å². The summed E-state index contributed by atoms with van der Waals surface area (Å²) in [5.41, 5.74) is 0. The number of ether oxygens (including phenoxy) is 1. The molecule has 0 spiro atoms. The fourth-order valence-corrected chi connectivity index (χ4v) is 1.20. The van der Waals surface area contributed by atoms with Crippen LogP contribution in [0.4, 0.5) is 0 Å². The summed E-state index contributed by atoms with van der Waals surface area (Å²) in [6.45, 7) is 0. The summed E-state index contributed by atoms with van der Waals surface area (Å²) in [6.07, 6.45) is 2.03. The van der Waals surface area contributed by atoms with Gasteiger partial charge in [0.15, 0.2) is 0 Å². The van der Waals surface area contributed by atoms with Crippen LogP contribution >= 0.6 is 12.9 Å². The maximum absolute atomic E-state index is 11.1. The van der Waals surface area contributed by atoms with Crippen molar-refractivity contribution < 1.29 is 23.4 Å². The van der Waals surface area contributed by atoms with Crippen LogP contribution in [0.5, 0.6) is 0 Å². The number of esters is 1. The molecule has 98 valence electrons. The van der Waals surface area contributed by atoms with Gasteiger partial charge in [-0.1, -0.05) is 6.42 Å². The number of hydrazine groups is 1. The molecule has 7 nitrogen and oxygen atoms in total. The number of unbranched alkanes of at least 4 members (excludes halogenated alkanes) is 2. The van der Waals surface area contributed by atoms with Crippen LogP contribution in [0.1, 0.15) is 32.1 Å². The molecule has 0 aliphatic carbocycles. The zero-order valence-electron chi connectivity index (χ0n) is 9.55. The average molecular weight is 264 g/mol. The van der Waals surface area contributed by atoms with Crippen molar-refractivity contribution in [2.75, 3.05) is 7.11 Å². The molecule has 0 heterocycles. The molecule has 0 aromatic rings. The fourth-order valence-electron chi connectivity index (χ4n) is 1.11. The summed E-state index contributed by atoms with van der Waals surface area (Å²) in [7, 11) is 1.16. The SMILES string of the molecule is COC(=O)C(=O)CCCCCC(=O)N(N)OS. The first-order chi connectivity index (χ1) is 8.02. The zero-order chi connectivity index (χ0) is 13.3. The lowest BCUT2D eigenvalue weighted by Gasteiger charge is -2.10. The van der Waals surface area contributed by atoms with Crippen molar-refractivity contribution in [1.82, 2.24) is 5.17 Å². The van der Waals surface area contributed by atoms with Gasteiger partial charge in [-0.25, -0.2) is 10.6 Å². The number of nitrogens with zero attached hydrogens (tertiary/aromatic N) is 1. The van der Waals surface area contributed by atoms with Crippen molar-refractivity contribution in [2.45, 2.75) is 32.1 Å². The van der Waals surface area contributed by atoms with E-state index in [0.29, 0.717) is 24.4 Å². The van der Waals surface area contributed by atoms with Crippen molar-refractivity contribution in [3.8, 4) is 0 Å². The number of rotatable bonds is 8. The number of hydrogen-bond donors (Lipinski definition) is 2. The van der Waals surface area contributed by atoms with Crippen molar-refractivity contribution in [3.63, 3.8) is 0 Å². The molecule has 0 rings (SSSR count). The van der Waals surface area contributed by atoms with E-state index in [-0.39, 0.29) is 12.8 Å². The number of thiol groups is 1. The number of hydrogen-bond acceptors (Lipinski definition) is 7. The highest BCUT2D eigenvalue weighted by Crippen LogP contribution is 2.05. The molecule has 0 saturated heterocycles. The minimum Gasteiger partial charge on any atom is -0.463 e. The molecular weight excluding hydrogens is 248 g/mol. The number of Topliss-reactive ketones (excluding diaryl/α,β-unsaturated/α-hetero) is 1. The van der Waals surface area contributed by atoms with Gasteiger partial charge in [0.05, 0.1) is 7.11 Å². The highest BCUT2D eigenvalue weighted by atomic mass is 32.1. The molecule has 8 heteroatoms. The normalized spacial score (nSPS) is 9.82. The minimum atomic E-state index is -0.835. The van der Waals surface area contributed by atoms with Crippen LogP contribution in [-0.2, 0) is 23.4 Å². The third kappa shape index (κ3) is 6.93. The van der Waals surface area contributed by atoms with Crippen LogP contribution in [0.2, 0.25) is 0 Å². The van der Waals surface area contributed by atoms with E-state index in [0.717, 1.165) is 7.11 Å². The summed E-state index contributed by atoms with van der Waals surface area (Å²) in [4.78, 5) is 32.9. The fraction of sp³-hybridized carbons (Fsp3) is 0.667. The van der Waals surface area contributed by atoms with E-state index in [1.165, 1.54) is 0 Å². The van der Waals surface area contributed by atoms with Gasteiger partial charge < -0.3 is 4.74 Å². The molecule has 0 radical (unpaired) electrons. The van der Waals surface area contributed by atoms with E-state index >= 15 is 0 Å². The first kappa shape index (κ1) is 15.9. The number of hydroxylamine groups is 1. The van der Waals surface area contributed by atoms with Gasteiger partial charge in [-0.3, -0.25) is 9.59 Å². The maximum Gasteiger partial charge on any atom is 0.374 e. The smallest absolute Gasteiger partial charge is 0.374 e. The van der Waals surface area contributed by atoms with E-state index in [4.69, 9.17) is 5.84 Å². The third-order valence-corrected chi connectivity index (χ3v) is 2.22. The molecular formula is C9H16N2O5S. The minimum absolute atomic E-state index is 0.121. The molecule has 0 aromatic carbocycles. The molecule has 0 atom stereocenters. The molecule has 0 fully saturated rings. The standard InChI is InChI=1S/C9H16N2O5S/c1-15-9(14)7(12)5-3-2-4-6-8(13)11(10)16-17/h17H,2-6,10H2,1H3. The lowest BCUT2D eigenvalue weighted by Crippen LogP contribution is -2.34. The van der Waals surface area contributed by atoms with Crippen LogP contribution < -0.4 is 5.84 Å². The number of amides is 1. The Balaban J connectivity index is 3.56. The second-order valence-electron chi connectivity index (χ2n) is 3.28. The predicted molar refractivity (Wildman–Crippen MR) is 61.2 cm³/mol. The largest absolute Gasteiger partial charge is 0.463 e. The van der Waals surface area contributed by atoms with Crippen LogP contribution in [0.15, 0.2) is 0 Å². The van der Waals surface area contributed by atoms with Gasteiger partial charge in [-0.05, 0) is 12.8 Å². The molecule has 0 aliphatic rings. The van der Waals surface area contributed by atoms with Crippen LogP contribution in [0, 0.1) is 0 Å². The number of methoxy groups -OCH3 is 1. The quantitative estimate of drug-likeness (QED) is 0.0946. The van der Waals surface area contributed by atoms with Gasteiger partial charge in [-0.15, -0.1) is 5.17 Å². The first-order valence-corrected chi connectivity index (χ1v) is 5.39. The second kappa shape index (κ2) is 8.97. The number of carbonyl (C=O) groups excluding carboxylic acids is 3. The van der Waals surface area contributed by atoms with Crippen molar-refractivity contribution >= 4 is 30.6 Å². The average Bonchev–Trinajstić information content (AvgIpc) is 2.35. The van der Waals surface area contributed by atoms with Crippen molar-refractivity contribution in [3.05, 3.63) is 0 Å². The highest BCUT2D eigenvalue weighted by Gasteiger charge is 2.13. The topological polar surface area (TPSA) is 98.9 Å². The van der Waals surface area contributed by atoms with Crippen LogP contribution in [0.25, 0.3) is 0 Å². The molecule has 1 amide bonds. The summed E-state index contributed by atoms with van der Waals surface area (Å²) >= 11 is 3.36. The van der Waals surface area contributed by atoms with Crippen LogP contribution in [0.3, 0.4) is 0 Å². The Labute approximate surface area is 105 Å². The number of nitrogens with two attached hydrogens (primary N) is 1. The third-order valence-electron chi connectivity index (χ3n) is 2.04. The van der Waals surface area contributed by atoms with Crippen molar-refractivity contribution in [1.29, 1.82) is 0 Å². The summed E-state index contributed by atoms with van der Waals surface area (Å²) in [5, 5.41) is 0.530. The molecule has 0 unspecified atom stereocenters. The van der Waals surface area contributed by atoms with E-state index < -0.39 is 17.7 Å². The van der Waals surface area contributed by atoms with Crippen LogP contribution in [-0.4, -0.2) is 29.9 Å². The predicted octanol–water partition coefficient (Wildman–Crippen LogP) is 0.158. The lowest BCUT2D eigenvalue weighted by molar-refractivity contribution is -0.154. The van der Waals surface area contributed by atoms with E-state index in [1.54, 1.807) is 0 Å². The lowest BCUT2D eigenvalue weighted by atomic mass is 10.1. The monoisotopic (exact) mass is 264 g/mol. The summed E-state index contributed by atoms with van der Waals surface area (Å²) in [5.74, 6) is 3.31. The van der Waals surface area contributed by atoms with Gasteiger partial charge in [-0.2, -0.15) is 4.28 Å². The van der Waals surface area contributed by atoms with Gasteiger partial charge >= 0.3 is 5.97 Å². The van der Waals surface area contributed by atoms with E-state index in [2.05, 4.69) is 21.9 Å². The Morgan fingerprint density at radius 3 is 2.29 bits per heavy atom. The van der Waals surface area contributed by atoms with Gasteiger partial charge in [0.2, 0.25) is 5.78 Å². The summed E-state index contributed by atoms with van der Waals surface area (Å²) < 4.78 is 8.46. The van der Waals surface area contributed by atoms with Gasteiger partial charge in [0.1, 0.15) is 0 Å². The Morgan fingerprint density at radius 2 is 1.76 bits per heavy atom. The molecule has 0 aliphatic heterocycles. The van der Waals surface area contributed by atoms with Gasteiger partial charge in [0.25, 0.3) is 5.91 Å². The van der Waals surface area contributed by atoms with Crippen molar-refractivity contribution in [2.24, 2.45) is 5.84 Å². The Kier molecular flexibility index (Phi) is 8.38. The maximum atomic E-state index is 11.1. The molecule has 17 heavy (non-hydrogen) atoms. The van der Waals surface area contributed by atoms with E-state index in [9.17, 15) is 14.4 Å². The number of ketones is 1. The Bertz CT molecular complexity index is 285. The first-order valence-electron chi connectivity index (χ1n) is 5.03. The Morgan fingerprint density at radius 1 is 1.18 bits per heavy atom. The Hall–Kier alpha value is -1.12. The van der Waals surface area contributed by atoms with Gasteiger partial charge in [0, 0.05) is 25.8 Å². The zero-order valence-corrected chi connectivity index (χ0v) is 10.4.